The normalized spacial score (nSPS) is 10.9. The topological polar surface area (TPSA) is 47.6 Å². The maximum Gasteiger partial charge on any atom is 0.419 e. The molecule has 0 saturated carbocycles. The molecular formula is C12H8F4N2. The Morgan fingerprint density at radius 2 is 1.67 bits per heavy atom. The van der Waals surface area contributed by atoms with Crippen LogP contribution in [0.3, 0.4) is 0 Å². The van der Waals surface area contributed by atoms with Crippen LogP contribution in [-0.4, -0.2) is 0 Å². The van der Waals surface area contributed by atoms with Gasteiger partial charge >= 0.3 is 6.18 Å². The third-order valence-electron chi connectivity index (χ3n) is 2.78. The van der Waals surface area contributed by atoms with Gasteiger partial charge in [-0.15, -0.1) is 0 Å². The molecule has 1 aromatic rings. The Bertz CT molecular complexity index is 574. The van der Waals surface area contributed by atoms with Crippen molar-refractivity contribution in [2.45, 2.75) is 26.4 Å². The molecule has 18 heavy (non-hydrogen) atoms. The van der Waals surface area contributed by atoms with Crippen LogP contribution in [0.25, 0.3) is 0 Å². The van der Waals surface area contributed by atoms with Crippen molar-refractivity contribution in [2.24, 2.45) is 0 Å². The Balaban J connectivity index is 3.79. The van der Waals surface area contributed by atoms with Crippen LogP contribution >= 0.6 is 0 Å². The van der Waals surface area contributed by atoms with Crippen LogP contribution in [0.4, 0.5) is 17.6 Å². The average Bonchev–Trinajstić information content (AvgIpc) is 2.24. The van der Waals surface area contributed by atoms with E-state index in [9.17, 15) is 17.6 Å². The van der Waals surface area contributed by atoms with E-state index >= 15 is 0 Å². The Morgan fingerprint density at radius 3 is 2.06 bits per heavy atom. The second-order valence-electron chi connectivity index (χ2n) is 3.74. The summed E-state index contributed by atoms with van der Waals surface area (Å²) in [4.78, 5) is 0. The average molecular weight is 256 g/mol. The molecule has 0 atom stereocenters. The van der Waals surface area contributed by atoms with Crippen molar-refractivity contribution in [3.8, 4) is 12.1 Å². The summed E-state index contributed by atoms with van der Waals surface area (Å²) < 4.78 is 51.9. The van der Waals surface area contributed by atoms with Crippen LogP contribution in [0.1, 0.15) is 27.8 Å². The molecule has 0 bridgehead atoms. The Kier molecular flexibility index (Phi) is 3.62. The molecular weight excluding hydrogens is 248 g/mol. The fourth-order valence-corrected chi connectivity index (χ4v) is 1.78. The summed E-state index contributed by atoms with van der Waals surface area (Å²) in [5.41, 5.74) is -2.28. The summed E-state index contributed by atoms with van der Waals surface area (Å²) in [5.74, 6) is -1.60. The summed E-state index contributed by atoms with van der Waals surface area (Å²) in [6.07, 6.45) is -5.17. The largest absolute Gasteiger partial charge is 0.419 e. The first-order valence-corrected chi connectivity index (χ1v) is 4.91. The van der Waals surface area contributed by atoms with Gasteiger partial charge in [-0.3, -0.25) is 0 Å². The minimum atomic E-state index is -4.87. The third kappa shape index (κ3) is 2.14. The van der Waals surface area contributed by atoms with Gasteiger partial charge in [0.05, 0.1) is 23.6 Å². The Hall–Kier alpha value is -2.08. The molecule has 1 aromatic carbocycles. The van der Waals surface area contributed by atoms with E-state index in [4.69, 9.17) is 10.5 Å². The number of nitriles is 2. The van der Waals surface area contributed by atoms with Crippen molar-refractivity contribution in [2.75, 3.05) is 0 Å². The highest BCUT2D eigenvalue weighted by Crippen LogP contribution is 2.38. The summed E-state index contributed by atoms with van der Waals surface area (Å²) in [7, 11) is 0. The number of alkyl halides is 3. The van der Waals surface area contributed by atoms with Crippen LogP contribution < -0.4 is 0 Å². The van der Waals surface area contributed by atoms with Crippen molar-refractivity contribution in [1.29, 1.82) is 10.5 Å². The van der Waals surface area contributed by atoms with E-state index in [1.165, 1.54) is 13.0 Å². The van der Waals surface area contributed by atoms with Crippen LogP contribution in [-0.2, 0) is 12.6 Å². The van der Waals surface area contributed by atoms with Crippen molar-refractivity contribution in [1.82, 2.24) is 0 Å². The standard InChI is InChI=1S/C12H8F4N2/c1-6-7(2)10(12(14,15)16)11(13)9(5-18)8(6)3-4-17/h3H2,1-2H3. The van der Waals surface area contributed by atoms with E-state index in [0.29, 0.717) is 0 Å². The molecule has 2 nitrogen and oxygen atoms in total. The van der Waals surface area contributed by atoms with Gasteiger partial charge in [0.2, 0.25) is 0 Å². The number of hydrogen-bond acceptors (Lipinski definition) is 2. The number of halogens is 4. The first-order chi connectivity index (χ1) is 8.25. The summed E-state index contributed by atoms with van der Waals surface area (Å²) in [6.45, 7) is 2.47. The molecule has 0 amide bonds. The Morgan fingerprint density at radius 1 is 1.11 bits per heavy atom. The third-order valence-corrected chi connectivity index (χ3v) is 2.78. The van der Waals surface area contributed by atoms with Crippen LogP contribution in [0.15, 0.2) is 0 Å². The van der Waals surface area contributed by atoms with Gasteiger partial charge in [-0.05, 0) is 30.5 Å². The fourth-order valence-electron chi connectivity index (χ4n) is 1.78. The fraction of sp³-hybridized carbons (Fsp3) is 0.333. The molecule has 0 N–H and O–H groups in total. The van der Waals surface area contributed by atoms with Crippen LogP contribution in [0.2, 0.25) is 0 Å². The highest BCUT2D eigenvalue weighted by Gasteiger charge is 2.38. The van der Waals surface area contributed by atoms with E-state index in [1.807, 2.05) is 0 Å². The van der Waals surface area contributed by atoms with Crippen LogP contribution in [0.5, 0.6) is 0 Å². The number of rotatable bonds is 1. The predicted octanol–water partition coefficient (Wildman–Crippen LogP) is 3.40. The van der Waals surface area contributed by atoms with Gasteiger partial charge in [-0.2, -0.15) is 23.7 Å². The molecule has 0 saturated heterocycles. The maximum atomic E-state index is 13.7. The van der Waals surface area contributed by atoms with E-state index in [1.54, 1.807) is 6.07 Å². The second kappa shape index (κ2) is 4.66. The monoisotopic (exact) mass is 256 g/mol. The number of hydrogen-bond donors (Lipinski definition) is 0. The van der Waals surface area contributed by atoms with E-state index in [0.717, 1.165) is 6.92 Å². The molecule has 0 spiro atoms. The van der Waals surface area contributed by atoms with Crippen molar-refractivity contribution in [3.63, 3.8) is 0 Å². The maximum absolute atomic E-state index is 13.7. The first kappa shape index (κ1) is 14.0. The lowest BCUT2D eigenvalue weighted by Crippen LogP contribution is -2.15. The van der Waals surface area contributed by atoms with Crippen molar-refractivity contribution >= 4 is 0 Å². The van der Waals surface area contributed by atoms with E-state index < -0.39 is 23.1 Å². The molecule has 6 heteroatoms. The minimum absolute atomic E-state index is 0.0167. The van der Waals surface area contributed by atoms with E-state index in [2.05, 4.69) is 0 Å². The SMILES string of the molecule is Cc1c(C)c(C(F)(F)F)c(F)c(C#N)c1CC#N. The van der Waals surface area contributed by atoms with Gasteiger partial charge in [0.25, 0.3) is 0 Å². The van der Waals surface area contributed by atoms with Gasteiger partial charge in [0, 0.05) is 0 Å². The zero-order valence-corrected chi connectivity index (χ0v) is 9.61. The quantitative estimate of drug-likeness (QED) is 0.723. The lowest BCUT2D eigenvalue weighted by Gasteiger charge is -2.17. The molecule has 94 valence electrons. The lowest BCUT2D eigenvalue weighted by atomic mass is 9.91. The number of nitrogens with zero attached hydrogens (tertiary/aromatic N) is 2. The second-order valence-corrected chi connectivity index (χ2v) is 3.74. The molecule has 0 fully saturated rings. The molecule has 0 aliphatic rings. The van der Waals surface area contributed by atoms with Gasteiger partial charge in [-0.1, -0.05) is 0 Å². The lowest BCUT2D eigenvalue weighted by molar-refractivity contribution is -0.140. The van der Waals surface area contributed by atoms with E-state index in [-0.39, 0.29) is 23.1 Å². The molecule has 0 heterocycles. The van der Waals surface area contributed by atoms with Crippen molar-refractivity contribution in [3.05, 3.63) is 33.6 Å². The van der Waals surface area contributed by atoms with Gasteiger partial charge < -0.3 is 0 Å². The highest BCUT2D eigenvalue weighted by molar-refractivity contribution is 5.53. The molecule has 0 unspecified atom stereocenters. The molecule has 0 radical (unpaired) electrons. The zero-order chi connectivity index (χ0) is 14.1. The zero-order valence-electron chi connectivity index (χ0n) is 9.61. The molecule has 1 rings (SSSR count). The van der Waals surface area contributed by atoms with Crippen molar-refractivity contribution < 1.29 is 17.6 Å². The highest BCUT2D eigenvalue weighted by atomic mass is 19.4. The number of benzene rings is 1. The molecule has 0 aliphatic carbocycles. The molecule has 0 aromatic heterocycles. The van der Waals surface area contributed by atoms with Gasteiger partial charge in [0.15, 0.2) is 5.82 Å². The van der Waals surface area contributed by atoms with Crippen LogP contribution in [0, 0.1) is 42.3 Å². The van der Waals surface area contributed by atoms with Gasteiger partial charge in [0.1, 0.15) is 6.07 Å². The summed E-state index contributed by atoms with van der Waals surface area (Å²) in [5, 5.41) is 17.3. The summed E-state index contributed by atoms with van der Waals surface area (Å²) in [6, 6.07) is 3.12. The van der Waals surface area contributed by atoms with Gasteiger partial charge in [-0.25, -0.2) is 4.39 Å². The Labute approximate surface area is 101 Å². The first-order valence-electron chi connectivity index (χ1n) is 4.91. The minimum Gasteiger partial charge on any atom is -0.205 e. The molecule has 0 aliphatic heterocycles. The smallest absolute Gasteiger partial charge is 0.205 e. The predicted molar refractivity (Wildman–Crippen MR) is 54.9 cm³/mol. The summed E-state index contributed by atoms with van der Waals surface area (Å²) >= 11 is 0.